The number of benzene rings is 2. The molecular weight excluding hydrogens is 400 g/mol. The molecule has 1 amide bonds. The molecule has 146 valence electrons. The molecule has 1 N–H and O–H groups in total. The van der Waals surface area contributed by atoms with E-state index in [1.54, 1.807) is 55.5 Å². The summed E-state index contributed by atoms with van der Waals surface area (Å²) in [5.41, 5.74) is 1.26. The van der Waals surface area contributed by atoms with Gasteiger partial charge < -0.3 is 0 Å². The number of hydrogen-bond donors (Lipinski definition) is 1. The summed E-state index contributed by atoms with van der Waals surface area (Å²) < 4.78 is 1.17. The van der Waals surface area contributed by atoms with Crippen molar-refractivity contribution in [2.45, 2.75) is 6.92 Å². The molecule has 0 fully saturated rings. The minimum atomic E-state index is -0.507. The smallest absolute Gasteiger partial charge is 0.289 e. The van der Waals surface area contributed by atoms with Gasteiger partial charge in [-0.05, 0) is 31.2 Å². The van der Waals surface area contributed by atoms with Gasteiger partial charge in [0.2, 0.25) is 5.13 Å². The van der Waals surface area contributed by atoms with Crippen LogP contribution in [0.1, 0.15) is 21.5 Å². The number of aromatic nitrogens is 4. The summed E-state index contributed by atoms with van der Waals surface area (Å²) in [7, 11) is 0. The molecular formula is C21H14N6O2S. The SMILES string of the molecule is Cc1c(-c2nnc(NC(=O)c3ccccc3)s2)nn(-c2ccccc2)c(=O)c1C#N. The van der Waals surface area contributed by atoms with Crippen molar-refractivity contribution in [3.63, 3.8) is 0 Å². The Bertz CT molecular complexity index is 1320. The summed E-state index contributed by atoms with van der Waals surface area (Å²) in [4.78, 5) is 25.0. The fourth-order valence-corrected chi connectivity index (χ4v) is 3.59. The Morgan fingerprint density at radius 1 is 1.07 bits per heavy atom. The van der Waals surface area contributed by atoms with Crippen LogP contribution in [-0.4, -0.2) is 25.9 Å². The lowest BCUT2D eigenvalue weighted by Crippen LogP contribution is -2.25. The number of amides is 1. The van der Waals surface area contributed by atoms with Crippen LogP contribution in [0, 0.1) is 18.3 Å². The van der Waals surface area contributed by atoms with Gasteiger partial charge in [0.05, 0.1) is 5.69 Å². The summed E-state index contributed by atoms with van der Waals surface area (Å²) in [5, 5.41) is 25.4. The number of carbonyl (C=O) groups excluding carboxylic acids is 1. The molecule has 0 bridgehead atoms. The third-order valence-corrected chi connectivity index (χ3v) is 5.18. The molecule has 8 nitrogen and oxygen atoms in total. The number of anilines is 1. The van der Waals surface area contributed by atoms with E-state index in [0.717, 1.165) is 11.3 Å². The summed E-state index contributed by atoms with van der Waals surface area (Å²) >= 11 is 1.11. The molecule has 2 aromatic heterocycles. The van der Waals surface area contributed by atoms with Gasteiger partial charge in [0.15, 0.2) is 5.01 Å². The average molecular weight is 414 g/mol. The zero-order chi connectivity index (χ0) is 21.1. The number of nitrogens with one attached hydrogen (secondary N) is 1. The van der Waals surface area contributed by atoms with E-state index < -0.39 is 5.56 Å². The van der Waals surface area contributed by atoms with Crippen molar-refractivity contribution in [2.24, 2.45) is 0 Å². The maximum atomic E-state index is 12.7. The maximum Gasteiger partial charge on any atom is 0.289 e. The summed E-state index contributed by atoms with van der Waals surface area (Å²) in [6, 6.07) is 19.5. The first kappa shape index (κ1) is 19.2. The summed E-state index contributed by atoms with van der Waals surface area (Å²) in [6.07, 6.45) is 0. The number of para-hydroxylation sites is 1. The molecule has 2 aromatic carbocycles. The van der Waals surface area contributed by atoms with Crippen LogP contribution in [0.5, 0.6) is 0 Å². The molecule has 30 heavy (non-hydrogen) atoms. The number of nitrogens with zero attached hydrogens (tertiary/aromatic N) is 5. The molecule has 0 spiro atoms. The van der Waals surface area contributed by atoms with Crippen molar-refractivity contribution in [1.29, 1.82) is 5.26 Å². The van der Waals surface area contributed by atoms with Crippen LogP contribution in [-0.2, 0) is 0 Å². The van der Waals surface area contributed by atoms with Gasteiger partial charge >= 0.3 is 0 Å². The van der Waals surface area contributed by atoms with Gasteiger partial charge in [-0.3, -0.25) is 14.9 Å². The molecule has 0 aliphatic carbocycles. The molecule has 0 radical (unpaired) electrons. The molecule has 0 unspecified atom stereocenters. The normalized spacial score (nSPS) is 10.4. The van der Waals surface area contributed by atoms with Crippen LogP contribution in [0.15, 0.2) is 65.5 Å². The zero-order valence-corrected chi connectivity index (χ0v) is 16.6. The highest BCUT2D eigenvalue weighted by atomic mass is 32.1. The predicted molar refractivity (Wildman–Crippen MR) is 113 cm³/mol. The lowest BCUT2D eigenvalue weighted by molar-refractivity contribution is 0.102. The first-order valence-corrected chi connectivity index (χ1v) is 9.70. The van der Waals surface area contributed by atoms with E-state index in [0.29, 0.717) is 27.5 Å². The number of carbonyl (C=O) groups is 1. The highest BCUT2D eigenvalue weighted by Gasteiger charge is 2.20. The third-order valence-electron chi connectivity index (χ3n) is 4.33. The van der Waals surface area contributed by atoms with Crippen molar-refractivity contribution in [1.82, 2.24) is 20.0 Å². The van der Waals surface area contributed by atoms with Crippen LogP contribution in [0.2, 0.25) is 0 Å². The number of rotatable bonds is 4. The average Bonchev–Trinajstić information content (AvgIpc) is 3.23. The topological polar surface area (TPSA) is 114 Å². The Labute approximate surface area is 175 Å². The Kier molecular flexibility index (Phi) is 5.15. The second-order valence-corrected chi connectivity index (χ2v) is 7.22. The predicted octanol–water partition coefficient (Wildman–Crippen LogP) is 3.18. The summed E-state index contributed by atoms with van der Waals surface area (Å²) in [6.45, 7) is 1.64. The lowest BCUT2D eigenvalue weighted by atomic mass is 10.1. The summed E-state index contributed by atoms with van der Waals surface area (Å²) in [5.74, 6) is -0.310. The van der Waals surface area contributed by atoms with E-state index in [9.17, 15) is 14.9 Å². The van der Waals surface area contributed by atoms with Crippen LogP contribution in [0.3, 0.4) is 0 Å². The molecule has 0 saturated carbocycles. The van der Waals surface area contributed by atoms with Crippen molar-refractivity contribution in [3.05, 3.63) is 87.7 Å². The lowest BCUT2D eigenvalue weighted by Gasteiger charge is -2.09. The van der Waals surface area contributed by atoms with Gasteiger partial charge in [-0.2, -0.15) is 15.0 Å². The highest BCUT2D eigenvalue weighted by molar-refractivity contribution is 7.18. The van der Waals surface area contributed by atoms with E-state index in [1.165, 1.54) is 4.68 Å². The van der Waals surface area contributed by atoms with Gasteiger partial charge in [-0.25, -0.2) is 0 Å². The van der Waals surface area contributed by atoms with Gasteiger partial charge in [-0.15, -0.1) is 10.2 Å². The molecule has 4 aromatic rings. The molecule has 0 atom stereocenters. The van der Waals surface area contributed by atoms with Crippen LogP contribution >= 0.6 is 11.3 Å². The Balaban J connectivity index is 1.74. The fourth-order valence-electron chi connectivity index (χ4n) is 2.81. The Hall–Kier alpha value is -4.16. The molecule has 0 aliphatic rings. The van der Waals surface area contributed by atoms with Crippen LogP contribution < -0.4 is 10.9 Å². The monoisotopic (exact) mass is 414 g/mol. The van der Waals surface area contributed by atoms with Gasteiger partial charge in [0.25, 0.3) is 11.5 Å². The fraction of sp³-hybridized carbons (Fsp3) is 0.0476. The number of nitriles is 1. The molecule has 2 heterocycles. The minimum absolute atomic E-state index is 0.0195. The van der Waals surface area contributed by atoms with Crippen molar-refractivity contribution in [3.8, 4) is 22.5 Å². The minimum Gasteiger partial charge on any atom is -0.296 e. The molecule has 0 aliphatic heterocycles. The second kappa shape index (κ2) is 8.06. The van der Waals surface area contributed by atoms with Crippen molar-refractivity contribution in [2.75, 3.05) is 5.32 Å². The largest absolute Gasteiger partial charge is 0.296 e. The molecule has 0 saturated heterocycles. The van der Waals surface area contributed by atoms with E-state index >= 15 is 0 Å². The third kappa shape index (κ3) is 3.59. The van der Waals surface area contributed by atoms with E-state index in [2.05, 4.69) is 20.6 Å². The quantitative estimate of drug-likeness (QED) is 0.549. The second-order valence-electron chi connectivity index (χ2n) is 6.25. The Morgan fingerprint density at radius 3 is 2.40 bits per heavy atom. The molecule has 9 heteroatoms. The zero-order valence-electron chi connectivity index (χ0n) is 15.7. The van der Waals surface area contributed by atoms with E-state index in [1.807, 2.05) is 18.2 Å². The van der Waals surface area contributed by atoms with Gasteiger partial charge in [0, 0.05) is 11.1 Å². The highest BCUT2D eigenvalue weighted by Crippen LogP contribution is 2.28. The maximum absolute atomic E-state index is 12.7. The molecule has 4 rings (SSSR count). The standard InChI is InChI=1S/C21H14N6O2S/c1-13-16(12-22)20(29)27(15-10-6-3-7-11-15)26-17(13)19-24-25-21(30-19)23-18(28)14-8-4-2-5-9-14/h2-11H,1H3,(H,23,25,28). The van der Waals surface area contributed by atoms with Crippen LogP contribution in [0.25, 0.3) is 16.4 Å². The first-order chi connectivity index (χ1) is 14.6. The van der Waals surface area contributed by atoms with Crippen molar-refractivity contribution >= 4 is 22.4 Å². The van der Waals surface area contributed by atoms with Gasteiger partial charge in [0.1, 0.15) is 17.3 Å². The first-order valence-electron chi connectivity index (χ1n) is 8.88. The Morgan fingerprint density at radius 2 is 1.73 bits per heavy atom. The van der Waals surface area contributed by atoms with Crippen molar-refractivity contribution < 1.29 is 4.79 Å². The number of hydrogen-bond acceptors (Lipinski definition) is 7. The van der Waals surface area contributed by atoms with E-state index in [4.69, 9.17) is 0 Å². The van der Waals surface area contributed by atoms with Gasteiger partial charge in [-0.1, -0.05) is 47.7 Å². The van der Waals surface area contributed by atoms with E-state index in [-0.39, 0.29) is 16.6 Å². The van der Waals surface area contributed by atoms with Crippen LogP contribution in [0.4, 0.5) is 5.13 Å².